The van der Waals surface area contributed by atoms with E-state index in [0.29, 0.717) is 23.0 Å². The fraction of sp³-hybridized carbons (Fsp3) is 0.588. The van der Waals surface area contributed by atoms with Crippen LogP contribution in [-0.2, 0) is 6.42 Å². The second-order valence-corrected chi connectivity index (χ2v) is 6.83. The Morgan fingerprint density at radius 3 is 2.57 bits per heavy atom. The highest BCUT2D eigenvalue weighted by Crippen LogP contribution is 2.23. The summed E-state index contributed by atoms with van der Waals surface area (Å²) in [4.78, 5) is 18.2. The van der Waals surface area contributed by atoms with Crippen molar-refractivity contribution in [1.82, 2.24) is 14.7 Å². The van der Waals surface area contributed by atoms with Gasteiger partial charge in [-0.25, -0.2) is 9.18 Å². The lowest BCUT2D eigenvalue weighted by molar-refractivity contribution is 0.132. The van der Waals surface area contributed by atoms with E-state index in [2.05, 4.69) is 4.90 Å². The molecule has 2 aliphatic heterocycles. The number of likely N-dealkylation sites (N-methyl/N-ethyl adjacent to an activating group) is 1. The van der Waals surface area contributed by atoms with Crippen LogP contribution in [-0.4, -0.2) is 66.5 Å². The maximum Gasteiger partial charge on any atom is 0.320 e. The molecule has 23 heavy (non-hydrogen) atoms. The average Bonchev–Trinajstić information content (AvgIpc) is 2.87. The summed E-state index contributed by atoms with van der Waals surface area (Å²) in [7, 11) is 1.86. The molecular weight excluding hydrogens is 317 g/mol. The van der Waals surface area contributed by atoms with Crippen molar-refractivity contribution < 1.29 is 9.18 Å². The molecular formula is C17H23ClFN3O. The van der Waals surface area contributed by atoms with Crippen molar-refractivity contribution in [3.8, 4) is 0 Å². The molecule has 2 heterocycles. The number of rotatable bonds is 4. The molecule has 1 aromatic carbocycles. The zero-order valence-electron chi connectivity index (χ0n) is 13.5. The Bertz CT molecular complexity index is 555. The number of nitrogens with zero attached hydrogens (tertiary/aromatic N) is 3. The van der Waals surface area contributed by atoms with Crippen LogP contribution in [0, 0.1) is 5.82 Å². The molecule has 3 rings (SSSR count). The molecule has 0 aliphatic carbocycles. The Kier molecular flexibility index (Phi) is 5.07. The minimum absolute atomic E-state index is 0.154. The van der Waals surface area contributed by atoms with Crippen LogP contribution in [0.25, 0.3) is 0 Å². The summed E-state index contributed by atoms with van der Waals surface area (Å²) in [6, 6.07) is 5.34. The monoisotopic (exact) mass is 339 g/mol. The molecule has 126 valence electrons. The number of hydrogen-bond acceptors (Lipinski definition) is 2. The van der Waals surface area contributed by atoms with Crippen molar-refractivity contribution >= 4 is 17.6 Å². The zero-order chi connectivity index (χ0) is 16.4. The largest absolute Gasteiger partial charge is 0.326 e. The summed E-state index contributed by atoms with van der Waals surface area (Å²) in [6.07, 6.45) is 2.61. The topological polar surface area (TPSA) is 26.8 Å². The van der Waals surface area contributed by atoms with Gasteiger partial charge in [0.25, 0.3) is 0 Å². The van der Waals surface area contributed by atoms with Crippen LogP contribution in [0.1, 0.15) is 18.4 Å². The second-order valence-electron chi connectivity index (χ2n) is 6.42. The number of carbonyl (C=O) groups is 1. The molecule has 0 aromatic heterocycles. The predicted octanol–water partition coefficient (Wildman–Crippen LogP) is 2.85. The molecule has 0 radical (unpaired) electrons. The summed E-state index contributed by atoms with van der Waals surface area (Å²) in [5.74, 6) is -0.224. The van der Waals surface area contributed by atoms with Gasteiger partial charge < -0.3 is 14.7 Å². The second kappa shape index (κ2) is 7.05. The van der Waals surface area contributed by atoms with Crippen LogP contribution in [0.2, 0.25) is 5.02 Å². The molecule has 0 saturated carbocycles. The SMILES string of the molecule is CN1CCN(C2CCN(CCc3c(F)cccc3Cl)CC2)C1=O. The molecule has 0 spiro atoms. The number of amides is 2. The fourth-order valence-electron chi connectivity index (χ4n) is 3.50. The first-order chi connectivity index (χ1) is 11.1. The van der Waals surface area contributed by atoms with Crippen LogP contribution in [0.3, 0.4) is 0 Å². The normalized spacial score (nSPS) is 20.6. The number of piperidine rings is 1. The van der Waals surface area contributed by atoms with E-state index in [1.54, 1.807) is 17.0 Å². The summed E-state index contributed by atoms with van der Waals surface area (Å²) in [5.41, 5.74) is 0.604. The number of hydrogen-bond donors (Lipinski definition) is 0. The van der Waals surface area contributed by atoms with Crippen molar-refractivity contribution in [2.45, 2.75) is 25.3 Å². The number of benzene rings is 1. The predicted molar refractivity (Wildman–Crippen MR) is 89.3 cm³/mol. The van der Waals surface area contributed by atoms with Gasteiger partial charge in [-0.2, -0.15) is 0 Å². The number of carbonyl (C=O) groups excluding carboxylic acids is 1. The van der Waals surface area contributed by atoms with Gasteiger partial charge >= 0.3 is 6.03 Å². The fourth-order valence-corrected chi connectivity index (χ4v) is 3.76. The Labute approximate surface area is 141 Å². The van der Waals surface area contributed by atoms with Gasteiger partial charge in [0.05, 0.1) is 0 Å². The number of halogens is 2. The van der Waals surface area contributed by atoms with Gasteiger partial charge in [0.15, 0.2) is 0 Å². The van der Waals surface area contributed by atoms with Gasteiger partial charge in [0, 0.05) is 56.4 Å². The molecule has 0 bridgehead atoms. The molecule has 4 nitrogen and oxygen atoms in total. The first-order valence-corrected chi connectivity index (χ1v) is 8.61. The summed E-state index contributed by atoms with van der Waals surface area (Å²) in [6.45, 7) is 4.37. The molecule has 2 fully saturated rings. The van der Waals surface area contributed by atoms with E-state index >= 15 is 0 Å². The lowest BCUT2D eigenvalue weighted by Crippen LogP contribution is -2.46. The smallest absolute Gasteiger partial charge is 0.320 e. The lowest BCUT2D eigenvalue weighted by atomic mass is 10.0. The molecule has 2 saturated heterocycles. The van der Waals surface area contributed by atoms with Crippen molar-refractivity contribution in [2.75, 3.05) is 39.8 Å². The Morgan fingerprint density at radius 1 is 1.22 bits per heavy atom. The van der Waals surface area contributed by atoms with E-state index in [1.807, 2.05) is 11.9 Å². The van der Waals surface area contributed by atoms with E-state index in [9.17, 15) is 9.18 Å². The Hall–Kier alpha value is -1.33. The van der Waals surface area contributed by atoms with E-state index in [4.69, 9.17) is 11.6 Å². The summed E-state index contributed by atoms with van der Waals surface area (Å²) < 4.78 is 13.8. The van der Waals surface area contributed by atoms with Crippen LogP contribution in [0.4, 0.5) is 9.18 Å². The number of likely N-dealkylation sites (tertiary alicyclic amines) is 1. The average molecular weight is 340 g/mol. The third-order valence-electron chi connectivity index (χ3n) is 4.99. The van der Waals surface area contributed by atoms with Gasteiger partial charge in [-0.1, -0.05) is 17.7 Å². The maximum atomic E-state index is 13.8. The molecule has 0 N–H and O–H groups in total. The maximum absolute atomic E-state index is 13.8. The minimum atomic E-state index is -0.224. The van der Waals surface area contributed by atoms with Gasteiger partial charge in [0.1, 0.15) is 5.82 Å². The standard InChI is InChI=1S/C17H23ClFN3O/c1-20-11-12-22(17(20)23)13-5-8-21(9-6-13)10-7-14-15(18)3-2-4-16(14)19/h2-4,13H,5-12H2,1H3. The Balaban J connectivity index is 1.49. The van der Waals surface area contributed by atoms with E-state index in [-0.39, 0.29) is 11.8 Å². The molecule has 2 amide bonds. The third kappa shape index (κ3) is 3.61. The van der Waals surface area contributed by atoms with Gasteiger partial charge in [0.2, 0.25) is 0 Å². The van der Waals surface area contributed by atoms with E-state index in [1.165, 1.54) is 6.07 Å². The quantitative estimate of drug-likeness (QED) is 0.843. The molecule has 0 atom stereocenters. The van der Waals surface area contributed by atoms with Gasteiger partial charge in [-0.05, 0) is 31.4 Å². The van der Waals surface area contributed by atoms with Gasteiger partial charge in [-0.15, -0.1) is 0 Å². The molecule has 0 unspecified atom stereocenters. The molecule has 6 heteroatoms. The summed E-state index contributed by atoms with van der Waals surface area (Å²) >= 11 is 6.08. The van der Waals surface area contributed by atoms with Crippen LogP contribution in [0.15, 0.2) is 18.2 Å². The van der Waals surface area contributed by atoms with E-state index in [0.717, 1.165) is 45.6 Å². The van der Waals surface area contributed by atoms with E-state index < -0.39 is 0 Å². The first kappa shape index (κ1) is 16.5. The minimum Gasteiger partial charge on any atom is -0.326 e. The lowest BCUT2D eigenvalue weighted by Gasteiger charge is -2.36. The van der Waals surface area contributed by atoms with Crippen molar-refractivity contribution in [3.63, 3.8) is 0 Å². The van der Waals surface area contributed by atoms with Crippen molar-refractivity contribution in [3.05, 3.63) is 34.6 Å². The van der Waals surface area contributed by atoms with Crippen LogP contribution in [0.5, 0.6) is 0 Å². The zero-order valence-corrected chi connectivity index (χ0v) is 14.2. The highest BCUT2D eigenvalue weighted by molar-refractivity contribution is 6.31. The van der Waals surface area contributed by atoms with Crippen molar-refractivity contribution in [1.29, 1.82) is 0 Å². The molecule has 1 aromatic rings. The van der Waals surface area contributed by atoms with Gasteiger partial charge in [-0.3, -0.25) is 0 Å². The number of urea groups is 1. The van der Waals surface area contributed by atoms with Crippen molar-refractivity contribution in [2.24, 2.45) is 0 Å². The summed E-state index contributed by atoms with van der Waals surface area (Å²) in [5, 5.41) is 0.505. The first-order valence-electron chi connectivity index (χ1n) is 8.23. The van der Waals surface area contributed by atoms with Crippen LogP contribution < -0.4 is 0 Å². The highest BCUT2D eigenvalue weighted by Gasteiger charge is 2.33. The third-order valence-corrected chi connectivity index (χ3v) is 5.34. The Morgan fingerprint density at radius 2 is 1.96 bits per heavy atom. The molecule has 2 aliphatic rings. The van der Waals surface area contributed by atoms with Crippen LogP contribution >= 0.6 is 11.6 Å². The highest BCUT2D eigenvalue weighted by atomic mass is 35.5.